The molecule has 0 spiro atoms. The molecule has 0 radical (unpaired) electrons. The van der Waals surface area contributed by atoms with Crippen LogP contribution >= 0.6 is 0 Å². The first kappa shape index (κ1) is 13.9. The van der Waals surface area contributed by atoms with Gasteiger partial charge < -0.3 is 14.7 Å². The minimum atomic E-state index is -0.0593. The van der Waals surface area contributed by atoms with Crippen LogP contribution in [0.5, 0.6) is 5.75 Å². The summed E-state index contributed by atoms with van der Waals surface area (Å²) in [7, 11) is 0. The van der Waals surface area contributed by atoms with Gasteiger partial charge >= 0.3 is 0 Å². The SMILES string of the molecule is CCOc1ccccc1C(=O)N1CCCCC1CO. The Kier molecular flexibility index (Phi) is 4.80. The molecule has 0 saturated carbocycles. The first-order valence-electron chi connectivity index (χ1n) is 6.91. The van der Waals surface area contributed by atoms with Crippen molar-refractivity contribution in [2.45, 2.75) is 32.2 Å². The summed E-state index contributed by atoms with van der Waals surface area (Å²) in [6.45, 7) is 3.18. The van der Waals surface area contributed by atoms with E-state index < -0.39 is 0 Å². The highest BCUT2D eigenvalue weighted by molar-refractivity contribution is 5.97. The summed E-state index contributed by atoms with van der Waals surface area (Å²) in [5, 5.41) is 9.40. The van der Waals surface area contributed by atoms with Crippen molar-refractivity contribution in [1.29, 1.82) is 0 Å². The van der Waals surface area contributed by atoms with Crippen molar-refractivity contribution in [1.82, 2.24) is 4.90 Å². The summed E-state index contributed by atoms with van der Waals surface area (Å²) >= 11 is 0. The van der Waals surface area contributed by atoms with Gasteiger partial charge in [-0.3, -0.25) is 4.79 Å². The number of aliphatic hydroxyl groups excluding tert-OH is 1. The van der Waals surface area contributed by atoms with E-state index in [2.05, 4.69) is 0 Å². The number of carbonyl (C=O) groups is 1. The number of rotatable bonds is 4. The molecule has 4 nitrogen and oxygen atoms in total. The molecular formula is C15H21NO3. The summed E-state index contributed by atoms with van der Waals surface area (Å²) < 4.78 is 5.51. The van der Waals surface area contributed by atoms with E-state index in [0.29, 0.717) is 24.5 Å². The first-order chi connectivity index (χ1) is 9.27. The number of nitrogens with zero attached hydrogens (tertiary/aromatic N) is 1. The van der Waals surface area contributed by atoms with Gasteiger partial charge in [0.15, 0.2) is 0 Å². The molecule has 2 rings (SSSR count). The molecule has 1 aliphatic heterocycles. The Hall–Kier alpha value is -1.55. The number of hydrogen-bond donors (Lipinski definition) is 1. The number of ether oxygens (including phenoxy) is 1. The quantitative estimate of drug-likeness (QED) is 0.904. The van der Waals surface area contributed by atoms with E-state index in [1.807, 2.05) is 25.1 Å². The highest BCUT2D eigenvalue weighted by Gasteiger charge is 2.28. The Morgan fingerprint density at radius 2 is 2.21 bits per heavy atom. The number of hydrogen-bond acceptors (Lipinski definition) is 3. The summed E-state index contributed by atoms with van der Waals surface area (Å²) in [6.07, 6.45) is 2.94. The van der Waals surface area contributed by atoms with E-state index >= 15 is 0 Å². The maximum atomic E-state index is 12.6. The molecular weight excluding hydrogens is 242 g/mol. The average molecular weight is 263 g/mol. The van der Waals surface area contributed by atoms with Gasteiger partial charge in [-0.1, -0.05) is 12.1 Å². The van der Waals surface area contributed by atoms with Crippen LogP contribution < -0.4 is 4.74 Å². The Morgan fingerprint density at radius 3 is 2.95 bits per heavy atom. The number of amides is 1. The molecule has 1 aromatic carbocycles. The van der Waals surface area contributed by atoms with Crippen molar-refractivity contribution < 1.29 is 14.6 Å². The van der Waals surface area contributed by atoms with Crippen molar-refractivity contribution in [3.63, 3.8) is 0 Å². The molecule has 1 fully saturated rings. The van der Waals surface area contributed by atoms with E-state index in [9.17, 15) is 9.90 Å². The van der Waals surface area contributed by atoms with Gasteiger partial charge in [0.25, 0.3) is 5.91 Å². The molecule has 4 heteroatoms. The zero-order valence-electron chi connectivity index (χ0n) is 11.3. The fraction of sp³-hybridized carbons (Fsp3) is 0.533. The summed E-state index contributed by atoms with van der Waals surface area (Å²) in [5.74, 6) is 0.583. The molecule has 1 atom stereocenters. The fourth-order valence-corrected chi connectivity index (χ4v) is 2.54. The van der Waals surface area contributed by atoms with Gasteiger partial charge in [0.2, 0.25) is 0 Å². The topological polar surface area (TPSA) is 49.8 Å². The predicted molar refractivity (Wildman–Crippen MR) is 73.4 cm³/mol. The molecule has 0 aliphatic carbocycles. The Labute approximate surface area is 114 Å². The molecule has 1 amide bonds. The molecule has 1 aromatic rings. The molecule has 1 aliphatic rings. The van der Waals surface area contributed by atoms with Crippen LogP contribution in [0.3, 0.4) is 0 Å². The normalized spacial score (nSPS) is 19.3. The minimum absolute atomic E-state index is 0.0303. The lowest BCUT2D eigenvalue weighted by Crippen LogP contribution is -2.45. The fourth-order valence-electron chi connectivity index (χ4n) is 2.54. The molecule has 19 heavy (non-hydrogen) atoms. The van der Waals surface area contributed by atoms with Crippen molar-refractivity contribution >= 4 is 5.91 Å². The molecule has 1 heterocycles. The van der Waals surface area contributed by atoms with Crippen LogP contribution in [-0.2, 0) is 0 Å². The number of piperidine rings is 1. The van der Waals surface area contributed by atoms with Crippen LogP contribution in [0.2, 0.25) is 0 Å². The number of para-hydroxylation sites is 1. The Bertz CT molecular complexity index is 433. The van der Waals surface area contributed by atoms with Crippen molar-refractivity contribution in [3.05, 3.63) is 29.8 Å². The van der Waals surface area contributed by atoms with Crippen LogP contribution in [0, 0.1) is 0 Å². The summed E-state index contributed by atoms with van der Waals surface area (Å²) in [4.78, 5) is 14.4. The maximum Gasteiger partial charge on any atom is 0.257 e. The van der Waals surface area contributed by atoms with Crippen LogP contribution in [0.15, 0.2) is 24.3 Å². The van der Waals surface area contributed by atoms with Crippen LogP contribution in [0.4, 0.5) is 0 Å². The molecule has 104 valence electrons. The van der Waals surface area contributed by atoms with Gasteiger partial charge in [-0.25, -0.2) is 0 Å². The standard InChI is InChI=1S/C15H21NO3/c1-2-19-14-9-4-3-8-13(14)15(18)16-10-6-5-7-12(16)11-17/h3-4,8-9,12,17H,2,5-7,10-11H2,1H3. The molecule has 0 bridgehead atoms. The molecule has 0 aromatic heterocycles. The minimum Gasteiger partial charge on any atom is -0.493 e. The van der Waals surface area contributed by atoms with Gasteiger partial charge in [0.1, 0.15) is 5.75 Å². The average Bonchev–Trinajstić information content (AvgIpc) is 2.47. The van der Waals surface area contributed by atoms with E-state index in [1.54, 1.807) is 11.0 Å². The third-order valence-electron chi connectivity index (χ3n) is 3.52. The number of carbonyl (C=O) groups excluding carboxylic acids is 1. The second-order valence-electron chi connectivity index (χ2n) is 4.76. The van der Waals surface area contributed by atoms with Crippen LogP contribution in [-0.4, -0.2) is 41.7 Å². The Balaban J connectivity index is 2.22. The molecule has 1 unspecified atom stereocenters. The van der Waals surface area contributed by atoms with Gasteiger partial charge in [-0.2, -0.15) is 0 Å². The lowest BCUT2D eigenvalue weighted by Gasteiger charge is -2.35. The monoisotopic (exact) mass is 263 g/mol. The smallest absolute Gasteiger partial charge is 0.257 e. The predicted octanol–water partition coefficient (Wildman–Crippen LogP) is 2.07. The van der Waals surface area contributed by atoms with Crippen LogP contribution in [0.1, 0.15) is 36.5 Å². The lowest BCUT2D eigenvalue weighted by atomic mass is 10.0. The molecule has 1 N–H and O–H groups in total. The van der Waals surface area contributed by atoms with Gasteiger partial charge in [0, 0.05) is 6.54 Å². The maximum absolute atomic E-state index is 12.6. The summed E-state index contributed by atoms with van der Waals surface area (Å²) in [6, 6.07) is 7.25. The van der Waals surface area contributed by atoms with Crippen molar-refractivity contribution in [2.24, 2.45) is 0 Å². The highest BCUT2D eigenvalue weighted by Crippen LogP contribution is 2.24. The third kappa shape index (κ3) is 3.07. The summed E-state index contributed by atoms with van der Waals surface area (Å²) in [5.41, 5.74) is 0.588. The van der Waals surface area contributed by atoms with Gasteiger partial charge in [-0.15, -0.1) is 0 Å². The molecule has 1 saturated heterocycles. The zero-order chi connectivity index (χ0) is 13.7. The van der Waals surface area contributed by atoms with E-state index in [1.165, 1.54) is 0 Å². The first-order valence-corrected chi connectivity index (χ1v) is 6.91. The van der Waals surface area contributed by atoms with Gasteiger partial charge in [0.05, 0.1) is 24.8 Å². The zero-order valence-corrected chi connectivity index (χ0v) is 11.3. The van der Waals surface area contributed by atoms with E-state index in [-0.39, 0.29) is 18.6 Å². The van der Waals surface area contributed by atoms with Gasteiger partial charge in [-0.05, 0) is 38.3 Å². The van der Waals surface area contributed by atoms with E-state index in [0.717, 1.165) is 19.3 Å². The van der Waals surface area contributed by atoms with E-state index in [4.69, 9.17) is 4.74 Å². The highest BCUT2D eigenvalue weighted by atomic mass is 16.5. The Morgan fingerprint density at radius 1 is 1.42 bits per heavy atom. The number of aliphatic hydroxyl groups is 1. The van der Waals surface area contributed by atoms with Crippen molar-refractivity contribution in [2.75, 3.05) is 19.8 Å². The van der Waals surface area contributed by atoms with Crippen molar-refractivity contribution in [3.8, 4) is 5.75 Å². The largest absolute Gasteiger partial charge is 0.493 e. The second kappa shape index (κ2) is 6.57. The lowest BCUT2D eigenvalue weighted by molar-refractivity contribution is 0.0499. The number of likely N-dealkylation sites (tertiary alicyclic amines) is 1. The second-order valence-corrected chi connectivity index (χ2v) is 4.76. The number of benzene rings is 1. The third-order valence-corrected chi connectivity index (χ3v) is 3.52. The van der Waals surface area contributed by atoms with Crippen LogP contribution in [0.25, 0.3) is 0 Å².